The third-order valence-electron chi connectivity index (χ3n) is 2.82. The fourth-order valence-electron chi connectivity index (χ4n) is 2.00. The molecule has 2 aromatic rings. The second kappa shape index (κ2) is 4.98. The average Bonchev–Trinajstić information content (AvgIpc) is 2.87. The molecule has 92 valence electrons. The quantitative estimate of drug-likeness (QED) is 0.877. The highest BCUT2D eigenvalue weighted by Crippen LogP contribution is 2.26. The minimum atomic E-state index is 0.259. The van der Waals surface area contributed by atoms with Crippen molar-refractivity contribution in [3.8, 4) is 0 Å². The van der Waals surface area contributed by atoms with Crippen molar-refractivity contribution >= 4 is 11.3 Å². The molecule has 17 heavy (non-hydrogen) atoms. The van der Waals surface area contributed by atoms with Crippen LogP contribution in [-0.4, -0.2) is 15.2 Å². The van der Waals surface area contributed by atoms with Gasteiger partial charge >= 0.3 is 0 Å². The Morgan fingerprint density at radius 2 is 2.06 bits per heavy atom. The molecule has 0 aliphatic rings. The van der Waals surface area contributed by atoms with E-state index in [9.17, 15) is 0 Å². The number of hydrogen-bond donors (Lipinski definition) is 2. The lowest BCUT2D eigenvalue weighted by Gasteiger charge is -2.18. The molecule has 2 aromatic heterocycles. The number of nitrogens with one attached hydrogen (secondary N) is 2. The molecule has 0 aliphatic carbocycles. The summed E-state index contributed by atoms with van der Waals surface area (Å²) in [4.78, 5) is 5.77. The lowest BCUT2D eigenvalue weighted by atomic mass is 10.2. The zero-order valence-electron chi connectivity index (χ0n) is 10.6. The van der Waals surface area contributed by atoms with E-state index >= 15 is 0 Å². The summed E-state index contributed by atoms with van der Waals surface area (Å²) in [6.45, 7) is 8.42. The molecule has 0 amide bonds. The van der Waals surface area contributed by atoms with Gasteiger partial charge in [-0.3, -0.25) is 5.10 Å². The molecule has 0 aliphatic heterocycles. The molecule has 0 saturated heterocycles. The molecule has 0 spiro atoms. The Bertz CT molecular complexity index is 475. The third-order valence-corrected chi connectivity index (χ3v) is 4.08. The summed E-state index contributed by atoms with van der Waals surface area (Å²) in [5.41, 5.74) is 2.24. The van der Waals surface area contributed by atoms with Crippen molar-refractivity contribution in [1.82, 2.24) is 20.5 Å². The molecule has 0 aromatic carbocycles. The van der Waals surface area contributed by atoms with Crippen molar-refractivity contribution in [2.45, 2.75) is 39.8 Å². The molecule has 4 nitrogen and oxygen atoms in total. The van der Waals surface area contributed by atoms with Gasteiger partial charge in [0.15, 0.2) is 0 Å². The Morgan fingerprint density at radius 3 is 2.59 bits per heavy atom. The molecule has 0 saturated carbocycles. The van der Waals surface area contributed by atoms with Crippen molar-refractivity contribution in [1.29, 1.82) is 0 Å². The first-order chi connectivity index (χ1) is 8.08. The summed E-state index contributed by atoms with van der Waals surface area (Å²) in [5, 5.41) is 11.6. The van der Waals surface area contributed by atoms with Gasteiger partial charge in [0.2, 0.25) is 0 Å². The van der Waals surface area contributed by atoms with Crippen molar-refractivity contribution in [3.05, 3.63) is 33.5 Å². The topological polar surface area (TPSA) is 53.6 Å². The average molecular weight is 250 g/mol. The second-order valence-corrected chi connectivity index (χ2v) is 5.54. The number of aromatic nitrogens is 3. The van der Waals surface area contributed by atoms with Gasteiger partial charge in [-0.2, -0.15) is 5.10 Å². The molecule has 0 fully saturated rings. The number of thiazole rings is 1. The normalized spacial score (nSPS) is 14.8. The molecular weight excluding hydrogens is 232 g/mol. The summed E-state index contributed by atoms with van der Waals surface area (Å²) >= 11 is 1.76. The number of hydrogen-bond acceptors (Lipinski definition) is 4. The smallest absolute Gasteiger partial charge is 0.0900 e. The van der Waals surface area contributed by atoms with Gasteiger partial charge in [0.05, 0.1) is 16.4 Å². The summed E-state index contributed by atoms with van der Waals surface area (Å²) < 4.78 is 0. The van der Waals surface area contributed by atoms with Crippen LogP contribution in [0, 0.1) is 13.8 Å². The first kappa shape index (κ1) is 12.3. The number of nitrogens with zero attached hydrogens (tertiary/aromatic N) is 2. The van der Waals surface area contributed by atoms with Gasteiger partial charge < -0.3 is 5.32 Å². The lowest BCUT2D eigenvalue weighted by Crippen LogP contribution is -2.22. The first-order valence-corrected chi connectivity index (χ1v) is 6.59. The van der Waals surface area contributed by atoms with Gasteiger partial charge in [-0.25, -0.2) is 4.98 Å². The summed E-state index contributed by atoms with van der Waals surface area (Å²) in [5.74, 6) is 0. The molecular formula is C12H18N4S. The van der Waals surface area contributed by atoms with E-state index in [4.69, 9.17) is 0 Å². The molecule has 2 atom stereocenters. The van der Waals surface area contributed by atoms with E-state index in [0.717, 1.165) is 16.4 Å². The molecule has 0 radical (unpaired) electrons. The summed E-state index contributed by atoms with van der Waals surface area (Å²) in [7, 11) is 0. The van der Waals surface area contributed by atoms with Crippen LogP contribution in [0.3, 0.4) is 0 Å². The zero-order valence-corrected chi connectivity index (χ0v) is 11.4. The van der Waals surface area contributed by atoms with E-state index in [0.29, 0.717) is 6.04 Å². The number of rotatable bonds is 4. The SMILES string of the molecule is Cc1nc(C)c(C(C)NC(C)c2ccn[nH]2)s1. The van der Waals surface area contributed by atoms with Crippen LogP contribution in [0.1, 0.15) is 47.2 Å². The van der Waals surface area contributed by atoms with Gasteiger partial charge in [0, 0.05) is 23.2 Å². The van der Waals surface area contributed by atoms with Crippen LogP contribution in [0.25, 0.3) is 0 Å². The number of H-pyrrole nitrogens is 1. The monoisotopic (exact) mass is 250 g/mol. The largest absolute Gasteiger partial charge is 0.301 e. The van der Waals surface area contributed by atoms with Gasteiger partial charge in [-0.1, -0.05) is 0 Å². The fraction of sp³-hybridized carbons (Fsp3) is 0.500. The standard InChI is InChI=1S/C12H18N4S/c1-7(11-5-6-13-16-11)14-8(2)12-9(3)15-10(4)17-12/h5-8,14H,1-4H3,(H,13,16). The first-order valence-electron chi connectivity index (χ1n) is 5.77. The van der Waals surface area contributed by atoms with E-state index < -0.39 is 0 Å². The Morgan fingerprint density at radius 1 is 1.29 bits per heavy atom. The van der Waals surface area contributed by atoms with Gasteiger partial charge in [-0.15, -0.1) is 11.3 Å². The van der Waals surface area contributed by atoms with Crippen LogP contribution in [0.5, 0.6) is 0 Å². The molecule has 5 heteroatoms. The predicted octanol–water partition coefficient (Wildman–Crippen LogP) is 2.89. The van der Waals surface area contributed by atoms with Crippen LogP contribution in [-0.2, 0) is 0 Å². The third kappa shape index (κ3) is 2.73. The Balaban J connectivity index is 2.06. The predicted molar refractivity (Wildman–Crippen MR) is 70.1 cm³/mol. The molecule has 2 rings (SSSR count). The highest BCUT2D eigenvalue weighted by atomic mass is 32.1. The van der Waals surface area contributed by atoms with E-state index in [-0.39, 0.29) is 6.04 Å². The van der Waals surface area contributed by atoms with Crippen molar-refractivity contribution < 1.29 is 0 Å². The summed E-state index contributed by atoms with van der Waals surface area (Å²) in [6, 6.07) is 2.56. The van der Waals surface area contributed by atoms with Crippen LogP contribution < -0.4 is 5.32 Å². The van der Waals surface area contributed by atoms with Crippen molar-refractivity contribution in [3.63, 3.8) is 0 Å². The Kier molecular flexibility index (Phi) is 3.59. The molecule has 0 bridgehead atoms. The van der Waals surface area contributed by atoms with E-state index in [1.165, 1.54) is 4.88 Å². The van der Waals surface area contributed by atoms with Crippen LogP contribution >= 0.6 is 11.3 Å². The molecule has 2 N–H and O–H groups in total. The number of aryl methyl sites for hydroxylation is 2. The Hall–Kier alpha value is -1.20. The lowest BCUT2D eigenvalue weighted by molar-refractivity contribution is 0.489. The van der Waals surface area contributed by atoms with Gasteiger partial charge in [0.1, 0.15) is 0 Å². The van der Waals surface area contributed by atoms with E-state index in [1.54, 1.807) is 17.5 Å². The van der Waals surface area contributed by atoms with Crippen LogP contribution in [0.2, 0.25) is 0 Å². The van der Waals surface area contributed by atoms with E-state index in [2.05, 4.69) is 41.3 Å². The molecule has 2 heterocycles. The number of aromatic amines is 1. The minimum Gasteiger partial charge on any atom is -0.301 e. The maximum atomic E-state index is 4.46. The maximum absolute atomic E-state index is 4.46. The van der Waals surface area contributed by atoms with E-state index in [1.807, 2.05) is 13.0 Å². The highest BCUT2D eigenvalue weighted by molar-refractivity contribution is 7.11. The summed E-state index contributed by atoms with van der Waals surface area (Å²) in [6.07, 6.45) is 1.78. The fourth-order valence-corrected chi connectivity index (χ4v) is 2.94. The zero-order chi connectivity index (χ0) is 12.4. The van der Waals surface area contributed by atoms with Crippen molar-refractivity contribution in [2.24, 2.45) is 0 Å². The highest BCUT2D eigenvalue weighted by Gasteiger charge is 2.16. The molecule has 2 unspecified atom stereocenters. The van der Waals surface area contributed by atoms with Gasteiger partial charge in [0.25, 0.3) is 0 Å². The maximum Gasteiger partial charge on any atom is 0.0900 e. The Labute approximate surface area is 105 Å². The van der Waals surface area contributed by atoms with Crippen LogP contribution in [0.15, 0.2) is 12.3 Å². The minimum absolute atomic E-state index is 0.259. The van der Waals surface area contributed by atoms with Crippen LogP contribution in [0.4, 0.5) is 0 Å². The second-order valence-electron chi connectivity index (χ2n) is 4.30. The van der Waals surface area contributed by atoms with Gasteiger partial charge in [-0.05, 0) is 33.8 Å². The van der Waals surface area contributed by atoms with Crippen molar-refractivity contribution in [2.75, 3.05) is 0 Å².